The van der Waals surface area contributed by atoms with Crippen molar-refractivity contribution in [1.82, 2.24) is 0 Å². The van der Waals surface area contributed by atoms with Gasteiger partial charge in [-0.05, 0) is 70.8 Å². The molecule has 142 valence electrons. The SMILES string of the molecule is Oc1cccc(-c2ccc(OBOc3ccc(-c4cccc(O)c4)cc3)cc2)c1. The van der Waals surface area contributed by atoms with Crippen molar-refractivity contribution in [1.29, 1.82) is 0 Å². The molecule has 4 rings (SSSR count). The number of phenolic OH excluding ortho intramolecular Hbond substituents is 2. The van der Waals surface area contributed by atoms with Crippen LogP contribution in [0, 0.1) is 0 Å². The van der Waals surface area contributed by atoms with E-state index in [1.807, 2.05) is 72.8 Å². The van der Waals surface area contributed by atoms with Crippen molar-refractivity contribution in [3.05, 3.63) is 97.1 Å². The van der Waals surface area contributed by atoms with E-state index in [0.717, 1.165) is 22.3 Å². The first-order valence-corrected chi connectivity index (χ1v) is 9.22. The molecule has 0 radical (unpaired) electrons. The molecule has 0 atom stereocenters. The minimum atomic E-state index is 0.0942. The highest BCUT2D eigenvalue weighted by Gasteiger charge is 2.04. The molecule has 0 saturated carbocycles. The van der Waals surface area contributed by atoms with Gasteiger partial charge in [0.15, 0.2) is 0 Å². The maximum Gasteiger partial charge on any atom is 0.576 e. The highest BCUT2D eigenvalue weighted by atomic mass is 16.6. The Labute approximate surface area is 169 Å². The van der Waals surface area contributed by atoms with Crippen molar-refractivity contribution in [3.63, 3.8) is 0 Å². The van der Waals surface area contributed by atoms with Crippen LogP contribution in [0.25, 0.3) is 22.3 Å². The van der Waals surface area contributed by atoms with Crippen molar-refractivity contribution in [2.45, 2.75) is 0 Å². The Morgan fingerprint density at radius 3 is 1.28 bits per heavy atom. The Morgan fingerprint density at radius 2 is 0.897 bits per heavy atom. The minimum absolute atomic E-state index is 0.0942. The Hall–Kier alpha value is -3.86. The van der Waals surface area contributed by atoms with E-state index in [1.54, 1.807) is 24.3 Å². The molecule has 4 nitrogen and oxygen atoms in total. The number of rotatable bonds is 6. The van der Waals surface area contributed by atoms with Gasteiger partial charge < -0.3 is 19.5 Å². The third-order valence-electron chi connectivity index (χ3n) is 4.52. The molecule has 0 saturated heterocycles. The lowest BCUT2D eigenvalue weighted by Gasteiger charge is -2.09. The van der Waals surface area contributed by atoms with Gasteiger partial charge in [0.1, 0.15) is 23.0 Å². The fourth-order valence-electron chi connectivity index (χ4n) is 3.02. The van der Waals surface area contributed by atoms with Gasteiger partial charge >= 0.3 is 7.69 Å². The summed E-state index contributed by atoms with van der Waals surface area (Å²) in [5, 5.41) is 19.2. The van der Waals surface area contributed by atoms with Crippen molar-refractivity contribution in [3.8, 4) is 45.3 Å². The lowest BCUT2D eigenvalue weighted by molar-refractivity contribution is 0.459. The largest absolute Gasteiger partial charge is 0.576 e. The molecule has 0 fully saturated rings. The van der Waals surface area contributed by atoms with Crippen molar-refractivity contribution >= 4 is 7.69 Å². The third kappa shape index (κ3) is 4.71. The summed E-state index contributed by atoms with van der Waals surface area (Å²) in [4.78, 5) is 0. The lowest BCUT2D eigenvalue weighted by atomic mass is 10.1. The number of hydrogen-bond acceptors (Lipinski definition) is 4. The Morgan fingerprint density at radius 1 is 0.483 bits per heavy atom. The zero-order valence-electron chi connectivity index (χ0n) is 15.7. The van der Waals surface area contributed by atoms with E-state index in [2.05, 4.69) is 0 Å². The van der Waals surface area contributed by atoms with Gasteiger partial charge in [-0.3, -0.25) is 0 Å². The molecule has 0 aliphatic rings. The second kappa shape index (κ2) is 8.44. The summed E-state index contributed by atoms with van der Waals surface area (Å²) in [5.74, 6) is 1.88. The normalized spacial score (nSPS) is 10.3. The molecule has 0 unspecified atom stereocenters. The zero-order chi connectivity index (χ0) is 20.1. The molecule has 0 aromatic heterocycles. The second-order valence-corrected chi connectivity index (χ2v) is 6.56. The van der Waals surface area contributed by atoms with Gasteiger partial charge in [0.2, 0.25) is 0 Å². The first-order valence-electron chi connectivity index (χ1n) is 9.22. The average molecular weight is 382 g/mol. The van der Waals surface area contributed by atoms with Crippen LogP contribution in [-0.2, 0) is 0 Å². The van der Waals surface area contributed by atoms with E-state index >= 15 is 0 Å². The number of phenols is 2. The molecular weight excluding hydrogens is 363 g/mol. The van der Waals surface area contributed by atoms with Gasteiger partial charge in [0.25, 0.3) is 0 Å². The molecule has 2 N–H and O–H groups in total. The topological polar surface area (TPSA) is 58.9 Å². The van der Waals surface area contributed by atoms with Crippen LogP contribution in [-0.4, -0.2) is 17.9 Å². The van der Waals surface area contributed by atoms with Gasteiger partial charge in [-0.1, -0.05) is 48.5 Å². The summed E-state index contributed by atoms with van der Waals surface area (Å²) in [6.07, 6.45) is 0. The quantitative estimate of drug-likeness (QED) is 0.453. The molecule has 0 amide bonds. The maximum absolute atomic E-state index is 9.60. The second-order valence-electron chi connectivity index (χ2n) is 6.56. The highest BCUT2D eigenvalue weighted by molar-refractivity contribution is 6.20. The van der Waals surface area contributed by atoms with E-state index in [9.17, 15) is 10.2 Å². The fraction of sp³-hybridized carbons (Fsp3) is 0. The van der Waals surface area contributed by atoms with Crippen LogP contribution >= 0.6 is 0 Å². The minimum Gasteiger partial charge on any atom is -0.529 e. The lowest BCUT2D eigenvalue weighted by Crippen LogP contribution is -2.10. The van der Waals surface area contributed by atoms with Crippen LogP contribution in [0.4, 0.5) is 0 Å². The van der Waals surface area contributed by atoms with Crippen LogP contribution in [0.3, 0.4) is 0 Å². The van der Waals surface area contributed by atoms with Crippen LogP contribution in [0.15, 0.2) is 97.1 Å². The first-order chi connectivity index (χ1) is 14.2. The molecule has 0 spiro atoms. The van der Waals surface area contributed by atoms with Gasteiger partial charge in [0, 0.05) is 0 Å². The maximum atomic E-state index is 9.60. The monoisotopic (exact) mass is 382 g/mol. The van der Waals surface area contributed by atoms with Gasteiger partial charge in [-0.2, -0.15) is 0 Å². The molecular formula is C24H19BO4. The van der Waals surface area contributed by atoms with Crippen LogP contribution < -0.4 is 9.31 Å². The molecule has 4 aromatic carbocycles. The number of aromatic hydroxyl groups is 2. The summed E-state index contributed by atoms with van der Waals surface area (Å²) in [7, 11) is 0.0942. The molecule has 0 aliphatic carbocycles. The van der Waals surface area contributed by atoms with Crippen molar-refractivity contribution in [2.24, 2.45) is 0 Å². The van der Waals surface area contributed by atoms with Gasteiger partial charge in [-0.25, -0.2) is 0 Å². The third-order valence-corrected chi connectivity index (χ3v) is 4.52. The predicted octanol–water partition coefficient (Wildman–Crippen LogP) is 5.16. The molecule has 0 aliphatic heterocycles. The number of hydrogen-bond donors (Lipinski definition) is 2. The summed E-state index contributed by atoms with van der Waals surface area (Å²) < 4.78 is 11.3. The number of benzene rings is 4. The van der Waals surface area contributed by atoms with Crippen LogP contribution in [0.1, 0.15) is 0 Å². The van der Waals surface area contributed by atoms with Crippen molar-refractivity contribution < 1.29 is 19.5 Å². The fourth-order valence-corrected chi connectivity index (χ4v) is 3.02. The summed E-state index contributed by atoms with van der Waals surface area (Å²) in [6.45, 7) is 0. The van der Waals surface area contributed by atoms with E-state index in [1.165, 1.54) is 0 Å². The summed E-state index contributed by atoms with van der Waals surface area (Å²) in [6, 6.07) is 29.5. The van der Waals surface area contributed by atoms with E-state index < -0.39 is 0 Å². The molecule has 5 heteroatoms. The average Bonchev–Trinajstić information content (AvgIpc) is 2.75. The predicted molar refractivity (Wildman–Crippen MR) is 115 cm³/mol. The molecule has 0 bridgehead atoms. The smallest absolute Gasteiger partial charge is 0.529 e. The Kier molecular flexibility index (Phi) is 5.39. The molecule has 4 aromatic rings. The summed E-state index contributed by atoms with van der Waals surface area (Å²) >= 11 is 0. The van der Waals surface area contributed by atoms with Gasteiger partial charge in [0.05, 0.1) is 0 Å². The molecule has 29 heavy (non-hydrogen) atoms. The van der Waals surface area contributed by atoms with E-state index in [4.69, 9.17) is 9.31 Å². The molecule has 0 heterocycles. The van der Waals surface area contributed by atoms with E-state index in [0.29, 0.717) is 11.5 Å². The first kappa shape index (κ1) is 18.5. The zero-order valence-corrected chi connectivity index (χ0v) is 15.7. The van der Waals surface area contributed by atoms with Crippen molar-refractivity contribution in [2.75, 3.05) is 0 Å². The Bertz CT molecular complexity index is 1000. The van der Waals surface area contributed by atoms with Crippen LogP contribution in [0.2, 0.25) is 0 Å². The Balaban J connectivity index is 1.33. The summed E-state index contributed by atoms with van der Waals surface area (Å²) in [5.41, 5.74) is 3.88. The van der Waals surface area contributed by atoms with E-state index in [-0.39, 0.29) is 19.2 Å². The van der Waals surface area contributed by atoms with Gasteiger partial charge in [-0.15, -0.1) is 0 Å². The standard InChI is InChI=1S/C24H19BO4/c26-21-5-1-3-19(15-21)17-7-11-23(12-8-17)28-25-29-24-13-9-18(10-14-24)20-4-2-6-22(27)16-20/h1-16,25-27H. The highest BCUT2D eigenvalue weighted by Crippen LogP contribution is 2.26. The van der Waals surface area contributed by atoms with Crippen LogP contribution in [0.5, 0.6) is 23.0 Å².